The summed E-state index contributed by atoms with van der Waals surface area (Å²) >= 11 is 0. The molecule has 2 aromatic rings. The molecule has 0 unspecified atom stereocenters. The predicted octanol–water partition coefficient (Wildman–Crippen LogP) is 2.59. The molecule has 0 aliphatic carbocycles. The van der Waals surface area contributed by atoms with Crippen LogP contribution in [0.25, 0.3) is 0 Å². The number of nitrogens with zero attached hydrogens (tertiary/aromatic N) is 1. The van der Waals surface area contributed by atoms with Gasteiger partial charge in [0.25, 0.3) is 5.91 Å². The molecular formula is C20H24N4O3. The first-order chi connectivity index (χ1) is 12.8. The lowest BCUT2D eigenvalue weighted by Crippen LogP contribution is -2.34. The number of primary amides is 1. The quantitative estimate of drug-likeness (QED) is 0.730. The highest BCUT2D eigenvalue weighted by Gasteiger charge is 2.13. The number of hydrogen-bond donors (Lipinski definition) is 3. The van der Waals surface area contributed by atoms with Crippen LogP contribution in [-0.4, -0.2) is 35.8 Å². The van der Waals surface area contributed by atoms with Crippen molar-refractivity contribution in [3.05, 3.63) is 65.2 Å². The molecule has 0 aliphatic rings. The Hall–Kier alpha value is -3.35. The zero-order chi connectivity index (χ0) is 20.0. The van der Waals surface area contributed by atoms with Gasteiger partial charge in [-0.3, -0.25) is 9.59 Å². The highest BCUT2D eigenvalue weighted by atomic mass is 16.2. The fourth-order valence-corrected chi connectivity index (χ4v) is 2.51. The fraction of sp³-hybridized carbons (Fsp3) is 0.250. The number of carbonyl (C=O) groups is 3. The highest BCUT2D eigenvalue weighted by Crippen LogP contribution is 2.13. The summed E-state index contributed by atoms with van der Waals surface area (Å²) < 4.78 is 0. The first-order valence-electron chi connectivity index (χ1n) is 8.58. The number of rotatable bonds is 6. The van der Waals surface area contributed by atoms with Gasteiger partial charge in [0.15, 0.2) is 0 Å². The fourth-order valence-electron chi connectivity index (χ4n) is 2.51. The van der Waals surface area contributed by atoms with Crippen molar-refractivity contribution in [1.29, 1.82) is 0 Å². The van der Waals surface area contributed by atoms with Crippen molar-refractivity contribution < 1.29 is 14.4 Å². The lowest BCUT2D eigenvalue weighted by Gasteiger charge is -2.18. The van der Waals surface area contributed by atoms with Crippen LogP contribution < -0.4 is 16.4 Å². The molecule has 2 aromatic carbocycles. The van der Waals surface area contributed by atoms with Crippen LogP contribution in [0.2, 0.25) is 0 Å². The van der Waals surface area contributed by atoms with E-state index >= 15 is 0 Å². The molecule has 4 N–H and O–H groups in total. The molecule has 142 valence electrons. The third-order valence-corrected chi connectivity index (χ3v) is 3.79. The Bertz CT molecular complexity index is 831. The molecule has 0 bridgehead atoms. The first kappa shape index (κ1) is 20.0. The molecule has 0 heterocycles. The van der Waals surface area contributed by atoms with Crippen molar-refractivity contribution in [3.8, 4) is 0 Å². The predicted molar refractivity (Wildman–Crippen MR) is 104 cm³/mol. The van der Waals surface area contributed by atoms with E-state index in [1.165, 1.54) is 0 Å². The number of carbonyl (C=O) groups excluding carboxylic acids is 3. The maximum atomic E-state index is 12.6. The van der Waals surface area contributed by atoms with Crippen LogP contribution in [0, 0.1) is 0 Å². The summed E-state index contributed by atoms with van der Waals surface area (Å²) in [5, 5.41) is 5.44. The van der Waals surface area contributed by atoms with Crippen molar-refractivity contribution in [2.24, 2.45) is 5.73 Å². The second-order valence-corrected chi connectivity index (χ2v) is 6.56. The van der Waals surface area contributed by atoms with Gasteiger partial charge in [-0.15, -0.1) is 0 Å². The van der Waals surface area contributed by atoms with Gasteiger partial charge < -0.3 is 21.3 Å². The van der Waals surface area contributed by atoms with E-state index in [0.29, 0.717) is 23.4 Å². The normalized spacial score (nSPS) is 10.4. The van der Waals surface area contributed by atoms with E-state index in [1.807, 2.05) is 19.9 Å². The lowest BCUT2D eigenvalue weighted by molar-refractivity contribution is 0.0785. The number of anilines is 1. The SMILES string of the molecule is CC(C)NC(=O)Nc1ccc(C(=O)N(C)Cc2cccc(C(N)=O)c2)cc1. The summed E-state index contributed by atoms with van der Waals surface area (Å²) in [6.45, 7) is 4.09. The monoisotopic (exact) mass is 368 g/mol. The number of amides is 4. The Labute approximate surface area is 158 Å². The maximum Gasteiger partial charge on any atom is 0.319 e. The number of urea groups is 1. The van der Waals surface area contributed by atoms with E-state index in [4.69, 9.17) is 5.73 Å². The summed E-state index contributed by atoms with van der Waals surface area (Å²) in [7, 11) is 1.68. The molecule has 0 fully saturated rings. The first-order valence-corrected chi connectivity index (χ1v) is 8.58. The van der Waals surface area contributed by atoms with Gasteiger partial charge in [-0.25, -0.2) is 4.79 Å². The molecule has 4 amide bonds. The molecule has 7 nitrogen and oxygen atoms in total. The molecule has 0 aromatic heterocycles. The Morgan fingerprint density at radius 3 is 2.30 bits per heavy atom. The molecule has 0 spiro atoms. The molecule has 0 saturated heterocycles. The molecular weight excluding hydrogens is 344 g/mol. The molecule has 0 radical (unpaired) electrons. The smallest absolute Gasteiger partial charge is 0.319 e. The second-order valence-electron chi connectivity index (χ2n) is 6.56. The van der Waals surface area contributed by atoms with Crippen LogP contribution in [0.3, 0.4) is 0 Å². The molecule has 0 aliphatic heterocycles. The van der Waals surface area contributed by atoms with Crippen molar-refractivity contribution in [2.45, 2.75) is 26.4 Å². The van der Waals surface area contributed by atoms with Gasteiger partial charge in [0.05, 0.1) is 0 Å². The minimum atomic E-state index is -0.504. The van der Waals surface area contributed by atoms with Crippen LogP contribution in [-0.2, 0) is 6.54 Å². The standard InChI is InChI=1S/C20H24N4O3/c1-13(2)22-20(27)23-17-9-7-15(8-10-17)19(26)24(3)12-14-5-4-6-16(11-14)18(21)25/h4-11,13H,12H2,1-3H3,(H2,21,25)(H2,22,23,27). The number of benzene rings is 2. The van der Waals surface area contributed by atoms with Gasteiger partial charge in [-0.2, -0.15) is 0 Å². The zero-order valence-electron chi connectivity index (χ0n) is 15.7. The summed E-state index contributed by atoms with van der Waals surface area (Å²) in [5.41, 5.74) is 7.60. The zero-order valence-corrected chi connectivity index (χ0v) is 15.7. The van der Waals surface area contributed by atoms with E-state index in [9.17, 15) is 14.4 Å². The second kappa shape index (κ2) is 8.84. The minimum Gasteiger partial charge on any atom is -0.366 e. The molecule has 27 heavy (non-hydrogen) atoms. The number of nitrogens with two attached hydrogens (primary N) is 1. The van der Waals surface area contributed by atoms with Gasteiger partial charge in [0, 0.05) is 36.4 Å². The minimum absolute atomic E-state index is 0.0348. The largest absolute Gasteiger partial charge is 0.366 e. The topological polar surface area (TPSA) is 105 Å². The Morgan fingerprint density at radius 2 is 1.70 bits per heavy atom. The van der Waals surface area contributed by atoms with Gasteiger partial charge >= 0.3 is 6.03 Å². The van der Waals surface area contributed by atoms with E-state index in [1.54, 1.807) is 54.4 Å². The van der Waals surface area contributed by atoms with Gasteiger partial charge in [0.1, 0.15) is 0 Å². The Kier molecular flexibility index (Phi) is 6.54. The summed E-state index contributed by atoms with van der Waals surface area (Å²) in [5.74, 6) is -0.673. The van der Waals surface area contributed by atoms with Crippen molar-refractivity contribution >= 4 is 23.5 Å². The Morgan fingerprint density at radius 1 is 1.04 bits per heavy atom. The average Bonchev–Trinajstić information content (AvgIpc) is 2.61. The van der Waals surface area contributed by atoms with Crippen LogP contribution >= 0.6 is 0 Å². The summed E-state index contributed by atoms with van der Waals surface area (Å²) in [4.78, 5) is 37.1. The van der Waals surface area contributed by atoms with Crippen LogP contribution in [0.1, 0.15) is 40.1 Å². The van der Waals surface area contributed by atoms with E-state index in [2.05, 4.69) is 10.6 Å². The van der Waals surface area contributed by atoms with Crippen LogP contribution in [0.5, 0.6) is 0 Å². The third-order valence-electron chi connectivity index (χ3n) is 3.79. The Balaban J connectivity index is 2.01. The third kappa shape index (κ3) is 5.85. The number of nitrogens with one attached hydrogen (secondary N) is 2. The molecule has 2 rings (SSSR count). The van der Waals surface area contributed by atoms with Crippen molar-refractivity contribution in [2.75, 3.05) is 12.4 Å². The maximum absolute atomic E-state index is 12.6. The average molecular weight is 368 g/mol. The van der Waals surface area contributed by atoms with Crippen molar-refractivity contribution in [1.82, 2.24) is 10.2 Å². The number of hydrogen-bond acceptors (Lipinski definition) is 3. The highest BCUT2D eigenvalue weighted by molar-refractivity contribution is 5.95. The van der Waals surface area contributed by atoms with Gasteiger partial charge in [-0.05, 0) is 55.8 Å². The summed E-state index contributed by atoms with van der Waals surface area (Å²) in [6, 6.07) is 13.3. The molecule has 0 atom stereocenters. The van der Waals surface area contributed by atoms with Gasteiger partial charge in [-0.1, -0.05) is 12.1 Å². The molecule has 7 heteroatoms. The van der Waals surface area contributed by atoms with E-state index in [0.717, 1.165) is 5.56 Å². The van der Waals surface area contributed by atoms with E-state index < -0.39 is 5.91 Å². The summed E-state index contributed by atoms with van der Waals surface area (Å²) in [6.07, 6.45) is 0. The van der Waals surface area contributed by atoms with Crippen molar-refractivity contribution in [3.63, 3.8) is 0 Å². The van der Waals surface area contributed by atoms with E-state index in [-0.39, 0.29) is 18.0 Å². The molecule has 0 saturated carbocycles. The van der Waals surface area contributed by atoms with Crippen LogP contribution in [0.15, 0.2) is 48.5 Å². The van der Waals surface area contributed by atoms with Crippen LogP contribution in [0.4, 0.5) is 10.5 Å². The lowest BCUT2D eigenvalue weighted by atomic mass is 10.1. The van der Waals surface area contributed by atoms with Gasteiger partial charge in [0.2, 0.25) is 5.91 Å².